The molecule has 0 spiro atoms. The number of carbonyl (C=O) groups is 1. The Hall–Kier alpha value is -1.45. The molecule has 0 fully saturated rings. The molecular formula is C9H10FNO2. The normalized spacial score (nSPS) is 12.5. The quantitative estimate of drug-likeness (QED) is 0.759. The largest absolute Gasteiger partial charge is 0.481 e. The zero-order valence-electron chi connectivity index (χ0n) is 7.41. The van der Waals surface area contributed by atoms with Gasteiger partial charge in [-0.1, -0.05) is 0 Å². The molecule has 0 aliphatic heterocycles. The van der Waals surface area contributed by atoms with Gasteiger partial charge >= 0.3 is 5.97 Å². The maximum absolute atomic E-state index is 12.9. The van der Waals surface area contributed by atoms with Gasteiger partial charge in [-0.05, 0) is 25.5 Å². The molecule has 1 rings (SSSR count). The zero-order chi connectivity index (χ0) is 10.0. The van der Waals surface area contributed by atoms with Crippen molar-refractivity contribution in [2.24, 2.45) is 0 Å². The lowest BCUT2D eigenvalue weighted by molar-refractivity contribution is -0.138. The first-order valence-corrected chi connectivity index (χ1v) is 3.87. The summed E-state index contributed by atoms with van der Waals surface area (Å²) >= 11 is 0. The summed E-state index contributed by atoms with van der Waals surface area (Å²) in [7, 11) is 0. The monoisotopic (exact) mass is 183 g/mol. The average molecular weight is 183 g/mol. The second-order valence-corrected chi connectivity index (χ2v) is 2.90. The molecule has 13 heavy (non-hydrogen) atoms. The smallest absolute Gasteiger partial charge is 0.310 e. The van der Waals surface area contributed by atoms with Crippen LogP contribution in [0.15, 0.2) is 12.3 Å². The first-order valence-electron chi connectivity index (χ1n) is 3.87. The standard InChI is InChI=1S/C9H10FNO2/c1-5(9(12)13)7-3-8(10)6(2)11-4-7/h3-5H,1-2H3,(H,12,13). The van der Waals surface area contributed by atoms with Crippen LogP contribution in [-0.2, 0) is 4.79 Å². The molecule has 0 radical (unpaired) electrons. The number of pyridine rings is 1. The Morgan fingerprint density at radius 3 is 2.77 bits per heavy atom. The summed E-state index contributed by atoms with van der Waals surface area (Å²) in [5.41, 5.74) is 0.664. The van der Waals surface area contributed by atoms with Gasteiger partial charge < -0.3 is 5.11 Å². The third kappa shape index (κ3) is 2.02. The van der Waals surface area contributed by atoms with Crippen LogP contribution in [0, 0.1) is 12.7 Å². The summed E-state index contributed by atoms with van der Waals surface area (Å²) in [5, 5.41) is 8.65. The highest BCUT2D eigenvalue weighted by Crippen LogP contribution is 2.16. The van der Waals surface area contributed by atoms with Gasteiger partial charge in [-0.2, -0.15) is 0 Å². The minimum absolute atomic E-state index is 0.279. The second kappa shape index (κ2) is 3.51. The van der Waals surface area contributed by atoms with Crippen molar-refractivity contribution in [3.8, 4) is 0 Å². The number of hydrogen-bond acceptors (Lipinski definition) is 2. The van der Waals surface area contributed by atoms with Gasteiger partial charge in [0.1, 0.15) is 5.82 Å². The van der Waals surface area contributed by atoms with E-state index in [2.05, 4.69) is 4.98 Å². The van der Waals surface area contributed by atoms with Gasteiger partial charge in [-0.15, -0.1) is 0 Å². The van der Waals surface area contributed by atoms with Crippen molar-refractivity contribution in [2.75, 3.05) is 0 Å². The Kier molecular flexibility index (Phi) is 2.60. The molecule has 0 amide bonds. The van der Waals surface area contributed by atoms with Crippen molar-refractivity contribution >= 4 is 5.97 Å². The maximum Gasteiger partial charge on any atom is 0.310 e. The van der Waals surface area contributed by atoms with Crippen LogP contribution in [0.25, 0.3) is 0 Å². The topological polar surface area (TPSA) is 50.2 Å². The summed E-state index contributed by atoms with van der Waals surface area (Å²) in [6, 6.07) is 1.21. The Bertz CT molecular complexity index is 338. The van der Waals surface area contributed by atoms with E-state index in [0.29, 0.717) is 5.56 Å². The van der Waals surface area contributed by atoms with Gasteiger partial charge in [-0.3, -0.25) is 9.78 Å². The molecule has 0 aliphatic carbocycles. The van der Waals surface area contributed by atoms with Gasteiger partial charge in [0.2, 0.25) is 0 Å². The van der Waals surface area contributed by atoms with E-state index in [4.69, 9.17) is 5.11 Å². The fourth-order valence-corrected chi connectivity index (χ4v) is 0.900. The van der Waals surface area contributed by atoms with Crippen LogP contribution in [0.2, 0.25) is 0 Å². The van der Waals surface area contributed by atoms with E-state index in [-0.39, 0.29) is 5.69 Å². The van der Waals surface area contributed by atoms with Crippen molar-refractivity contribution in [1.29, 1.82) is 0 Å². The van der Waals surface area contributed by atoms with Gasteiger partial charge in [0, 0.05) is 6.20 Å². The van der Waals surface area contributed by atoms with Crippen molar-refractivity contribution < 1.29 is 14.3 Å². The molecule has 70 valence electrons. The zero-order valence-corrected chi connectivity index (χ0v) is 7.41. The van der Waals surface area contributed by atoms with E-state index >= 15 is 0 Å². The van der Waals surface area contributed by atoms with Crippen LogP contribution in [0.3, 0.4) is 0 Å². The van der Waals surface area contributed by atoms with Crippen LogP contribution in [0.1, 0.15) is 24.1 Å². The number of carboxylic acid groups (broad SMARTS) is 1. The minimum Gasteiger partial charge on any atom is -0.481 e. The third-order valence-corrected chi connectivity index (χ3v) is 1.92. The summed E-state index contributed by atoms with van der Waals surface area (Å²) in [4.78, 5) is 14.3. The van der Waals surface area contributed by atoms with E-state index in [1.165, 1.54) is 26.1 Å². The lowest BCUT2D eigenvalue weighted by Crippen LogP contribution is -2.08. The highest BCUT2D eigenvalue weighted by molar-refractivity contribution is 5.75. The summed E-state index contributed by atoms with van der Waals surface area (Å²) in [6.45, 7) is 3.03. The number of aliphatic carboxylic acids is 1. The van der Waals surface area contributed by atoms with Crippen LogP contribution in [-0.4, -0.2) is 16.1 Å². The van der Waals surface area contributed by atoms with Crippen molar-refractivity contribution in [3.05, 3.63) is 29.3 Å². The van der Waals surface area contributed by atoms with E-state index in [1.807, 2.05) is 0 Å². The number of nitrogens with zero attached hydrogens (tertiary/aromatic N) is 1. The number of hydrogen-bond donors (Lipinski definition) is 1. The fourth-order valence-electron chi connectivity index (χ4n) is 0.900. The summed E-state index contributed by atoms with van der Waals surface area (Å²) < 4.78 is 12.9. The van der Waals surface area contributed by atoms with Crippen molar-refractivity contribution in [1.82, 2.24) is 4.98 Å². The Morgan fingerprint density at radius 2 is 2.31 bits per heavy atom. The lowest BCUT2D eigenvalue weighted by Gasteiger charge is -2.06. The first-order chi connectivity index (χ1) is 6.02. The summed E-state index contributed by atoms with van der Waals surface area (Å²) in [6.07, 6.45) is 1.39. The van der Waals surface area contributed by atoms with E-state index < -0.39 is 17.7 Å². The van der Waals surface area contributed by atoms with Gasteiger partial charge in [0.15, 0.2) is 0 Å². The van der Waals surface area contributed by atoms with E-state index in [1.54, 1.807) is 0 Å². The molecule has 1 aromatic rings. The SMILES string of the molecule is Cc1ncc(C(C)C(=O)O)cc1F. The minimum atomic E-state index is -0.981. The van der Waals surface area contributed by atoms with Gasteiger partial charge in [0.05, 0.1) is 11.6 Å². The third-order valence-electron chi connectivity index (χ3n) is 1.92. The number of aryl methyl sites for hydroxylation is 1. The number of rotatable bonds is 2. The molecule has 0 aromatic carbocycles. The highest BCUT2D eigenvalue weighted by Gasteiger charge is 2.15. The fraction of sp³-hybridized carbons (Fsp3) is 0.333. The Labute approximate surface area is 75.2 Å². The van der Waals surface area contributed by atoms with E-state index in [0.717, 1.165) is 0 Å². The van der Waals surface area contributed by atoms with E-state index in [9.17, 15) is 9.18 Å². The Balaban J connectivity index is 3.03. The molecule has 0 saturated carbocycles. The molecule has 1 aromatic heterocycles. The molecule has 4 heteroatoms. The first kappa shape index (κ1) is 9.64. The van der Waals surface area contributed by atoms with Crippen molar-refractivity contribution in [2.45, 2.75) is 19.8 Å². The molecular weight excluding hydrogens is 173 g/mol. The van der Waals surface area contributed by atoms with Crippen LogP contribution in [0.4, 0.5) is 4.39 Å². The molecule has 1 atom stereocenters. The molecule has 0 bridgehead atoms. The second-order valence-electron chi connectivity index (χ2n) is 2.90. The highest BCUT2D eigenvalue weighted by atomic mass is 19.1. The van der Waals surface area contributed by atoms with Crippen LogP contribution >= 0.6 is 0 Å². The number of halogens is 1. The van der Waals surface area contributed by atoms with Crippen LogP contribution in [0.5, 0.6) is 0 Å². The Morgan fingerprint density at radius 1 is 1.69 bits per heavy atom. The molecule has 0 aliphatic rings. The predicted octanol–water partition coefficient (Wildman–Crippen LogP) is 1.72. The van der Waals surface area contributed by atoms with Crippen molar-refractivity contribution in [3.63, 3.8) is 0 Å². The molecule has 3 nitrogen and oxygen atoms in total. The summed E-state index contributed by atoms with van der Waals surface area (Å²) in [5.74, 6) is -2.17. The lowest BCUT2D eigenvalue weighted by atomic mass is 10.0. The molecule has 1 N–H and O–H groups in total. The van der Waals surface area contributed by atoms with Gasteiger partial charge in [-0.25, -0.2) is 4.39 Å². The molecule has 0 saturated heterocycles. The molecule has 1 unspecified atom stereocenters. The average Bonchev–Trinajstić information content (AvgIpc) is 2.08. The van der Waals surface area contributed by atoms with Crippen LogP contribution < -0.4 is 0 Å². The molecule has 1 heterocycles. The predicted molar refractivity (Wildman–Crippen MR) is 45.0 cm³/mol. The number of carboxylic acids is 1. The number of aromatic nitrogens is 1. The van der Waals surface area contributed by atoms with Gasteiger partial charge in [0.25, 0.3) is 0 Å². The maximum atomic E-state index is 12.9.